The summed E-state index contributed by atoms with van der Waals surface area (Å²) < 4.78 is 5.33. The van der Waals surface area contributed by atoms with Crippen molar-refractivity contribution >= 4 is 17.2 Å². The van der Waals surface area contributed by atoms with E-state index in [4.69, 9.17) is 4.52 Å². The van der Waals surface area contributed by atoms with Crippen molar-refractivity contribution < 1.29 is 9.32 Å². The topological polar surface area (TPSA) is 62.5 Å². The Morgan fingerprint density at radius 2 is 2.12 bits per heavy atom. The van der Waals surface area contributed by atoms with Crippen molar-refractivity contribution in [3.05, 3.63) is 48.1 Å². The second kappa shape index (κ2) is 8.07. The molecule has 0 atom stereocenters. The molecule has 0 saturated carbocycles. The predicted octanol–water partition coefficient (Wildman–Crippen LogP) is 2.77. The van der Waals surface area contributed by atoms with Crippen molar-refractivity contribution in [3.63, 3.8) is 0 Å². The molecule has 3 rings (SSSR count). The Morgan fingerprint density at radius 1 is 1.32 bits per heavy atom. The molecule has 6 nitrogen and oxygen atoms in total. The zero-order chi connectivity index (χ0) is 17.6. The van der Waals surface area contributed by atoms with Crippen LogP contribution in [0.3, 0.4) is 0 Å². The highest BCUT2D eigenvalue weighted by Gasteiger charge is 2.18. The third-order valence-corrected chi connectivity index (χ3v) is 4.41. The molecule has 1 aliphatic rings. The summed E-state index contributed by atoms with van der Waals surface area (Å²) in [6, 6.07) is 9.70. The van der Waals surface area contributed by atoms with Gasteiger partial charge < -0.3 is 14.3 Å². The summed E-state index contributed by atoms with van der Waals surface area (Å²) in [7, 11) is 2.09. The van der Waals surface area contributed by atoms with Gasteiger partial charge in [0.25, 0.3) is 0 Å². The van der Waals surface area contributed by atoms with E-state index in [-0.39, 0.29) is 5.91 Å². The van der Waals surface area contributed by atoms with E-state index < -0.39 is 0 Å². The number of rotatable bonds is 6. The van der Waals surface area contributed by atoms with E-state index in [1.54, 1.807) is 4.90 Å². The zero-order valence-electron chi connectivity index (χ0n) is 14.8. The number of likely N-dealkylation sites (N-methyl/N-ethyl adjacent to an activating group) is 1. The van der Waals surface area contributed by atoms with Crippen molar-refractivity contribution in [3.8, 4) is 0 Å². The SMILES string of the molecule is CCN(C(=O)CCc1nc(C2=CCN(C)CC2)no1)c1ccccc1. The van der Waals surface area contributed by atoms with E-state index in [2.05, 4.69) is 28.2 Å². The molecule has 6 heteroatoms. The molecule has 0 unspecified atom stereocenters. The lowest BCUT2D eigenvalue weighted by molar-refractivity contribution is -0.118. The van der Waals surface area contributed by atoms with Crippen LogP contribution in [0.2, 0.25) is 0 Å². The van der Waals surface area contributed by atoms with Crippen LogP contribution < -0.4 is 4.90 Å². The standard InChI is InChI=1S/C19H24N4O2/c1-3-23(16-7-5-4-6-8-16)18(24)10-9-17-20-19(21-25-17)15-11-13-22(2)14-12-15/h4-8,11H,3,9-10,12-14H2,1-2H3. The van der Waals surface area contributed by atoms with Gasteiger partial charge in [-0.1, -0.05) is 29.4 Å². The lowest BCUT2D eigenvalue weighted by Gasteiger charge is -2.20. The van der Waals surface area contributed by atoms with Gasteiger partial charge in [-0.25, -0.2) is 0 Å². The molecule has 0 fully saturated rings. The Balaban J connectivity index is 1.59. The van der Waals surface area contributed by atoms with Crippen LogP contribution in [-0.4, -0.2) is 47.6 Å². The average molecular weight is 340 g/mol. The van der Waals surface area contributed by atoms with Crippen LogP contribution in [0.4, 0.5) is 5.69 Å². The maximum absolute atomic E-state index is 12.5. The first kappa shape index (κ1) is 17.4. The Hall–Kier alpha value is -2.47. The zero-order valence-corrected chi connectivity index (χ0v) is 14.8. The summed E-state index contributed by atoms with van der Waals surface area (Å²) in [4.78, 5) is 21.0. The number of para-hydroxylation sites is 1. The third-order valence-electron chi connectivity index (χ3n) is 4.41. The van der Waals surface area contributed by atoms with Gasteiger partial charge in [-0.2, -0.15) is 4.98 Å². The monoisotopic (exact) mass is 340 g/mol. The van der Waals surface area contributed by atoms with Crippen LogP contribution in [0.25, 0.3) is 5.57 Å². The molecule has 0 N–H and O–H groups in total. The van der Waals surface area contributed by atoms with Crippen molar-refractivity contribution in [1.82, 2.24) is 15.0 Å². The lowest BCUT2D eigenvalue weighted by Crippen LogP contribution is -2.30. The summed E-state index contributed by atoms with van der Waals surface area (Å²) in [5.74, 6) is 1.24. The molecule has 132 valence electrons. The number of hydrogen-bond acceptors (Lipinski definition) is 5. The molecule has 1 aromatic carbocycles. The van der Waals surface area contributed by atoms with Gasteiger partial charge in [-0.05, 0) is 38.1 Å². The molecule has 1 aromatic heterocycles. The Kier molecular flexibility index (Phi) is 5.60. The first-order valence-electron chi connectivity index (χ1n) is 8.73. The van der Waals surface area contributed by atoms with Crippen molar-refractivity contribution in [1.29, 1.82) is 0 Å². The molecular weight excluding hydrogens is 316 g/mol. The van der Waals surface area contributed by atoms with Crippen molar-refractivity contribution in [2.24, 2.45) is 0 Å². The maximum atomic E-state index is 12.5. The molecule has 0 radical (unpaired) electrons. The van der Waals surface area contributed by atoms with E-state index in [0.717, 1.165) is 30.8 Å². The first-order valence-corrected chi connectivity index (χ1v) is 8.73. The molecule has 2 heterocycles. The summed E-state index contributed by atoms with van der Waals surface area (Å²) in [6.45, 7) is 4.51. The van der Waals surface area contributed by atoms with Crippen LogP contribution in [0.15, 0.2) is 40.9 Å². The molecule has 0 aliphatic carbocycles. The van der Waals surface area contributed by atoms with E-state index in [1.807, 2.05) is 37.3 Å². The highest BCUT2D eigenvalue weighted by atomic mass is 16.5. The predicted molar refractivity (Wildman–Crippen MR) is 97.2 cm³/mol. The molecule has 1 amide bonds. The van der Waals surface area contributed by atoms with Gasteiger partial charge in [-0.3, -0.25) is 4.79 Å². The molecule has 0 spiro atoms. The number of benzene rings is 1. The van der Waals surface area contributed by atoms with Crippen molar-refractivity contribution in [2.45, 2.75) is 26.2 Å². The quantitative estimate of drug-likeness (QED) is 0.809. The van der Waals surface area contributed by atoms with Crippen LogP contribution in [0.1, 0.15) is 31.5 Å². The van der Waals surface area contributed by atoms with Gasteiger partial charge in [0.15, 0.2) is 5.82 Å². The number of nitrogens with zero attached hydrogens (tertiary/aromatic N) is 4. The van der Waals surface area contributed by atoms with Gasteiger partial charge in [-0.15, -0.1) is 0 Å². The second-order valence-corrected chi connectivity index (χ2v) is 6.23. The normalized spacial score (nSPS) is 15.0. The maximum Gasteiger partial charge on any atom is 0.227 e. The molecule has 0 saturated heterocycles. The minimum atomic E-state index is 0.0620. The Labute approximate surface area is 148 Å². The summed E-state index contributed by atoms with van der Waals surface area (Å²) in [5, 5.41) is 4.07. The fraction of sp³-hybridized carbons (Fsp3) is 0.421. The van der Waals surface area contributed by atoms with Gasteiger partial charge in [0.1, 0.15) is 0 Å². The summed E-state index contributed by atoms with van der Waals surface area (Å²) in [6.07, 6.45) is 3.87. The summed E-state index contributed by atoms with van der Waals surface area (Å²) in [5.41, 5.74) is 2.04. The fourth-order valence-electron chi connectivity index (χ4n) is 2.92. The average Bonchev–Trinajstić information content (AvgIpc) is 3.11. The van der Waals surface area contributed by atoms with Gasteiger partial charge in [0.2, 0.25) is 11.8 Å². The third kappa shape index (κ3) is 4.33. The largest absolute Gasteiger partial charge is 0.339 e. The van der Waals surface area contributed by atoms with Crippen LogP contribution >= 0.6 is 0 Å². The van der Waals surface area contributed by atoms with E-state index in [9.17, 15) is 4.79 Å². The number of anilines is 1. The Morgan fingerprint density at radius 3 is 2.80 bits per heavy atom. The van der Waals surface area contributed by atoms with Crippen LogP contribution in [0, 0.1) is 0 Å². The fourth-order valence-corrected chi connectivity index (χ4v) is 2.92. The minimum absolute atomic E-state index is 0.0620. The van der Waals surface area contributed by atoms with Gasteiger partial charge >= 0.3 is 0 Å². The smallest absolute Gasteiger partial charge is 0.227 e. The molecule has 2 aromatic rings. The van der Waals surface area contributed by atoms with E-state index in [0.29, 0.717) is 31.1 Å². The van der Waals surface area contributed by atoms with Crippen molar-refractivity contribution in [2.75, 3.05) is 31.6 Å². The van der Waals surface area contributed by atoms with E-state index in [1.165, 1.54) is 0 Å². The highest BCUT2D eigenvalue weighted by molar-refractivity contribution is 5.93. The molecule has 0 bridgehead atoms. The number of amides is 1. The minimum Gasteiger partial charge on any atom is -0.339 e. The number of aryl methyl sites for hydroxylation is 1. The van der Waals surface area contributed by atoms with Crippen LogP contribution in [0.5, 0.6) is 0 Å². The number of aromatic nitrogens is 2. The molecule has 25 heavy (non-hydrogen) atoms. The first-order chi connectivity index (χ1) is 12.2. The lowest BCUT2D eigenvalue weighted by atomic mass is 10.1. The number of carbonyl (C=O) groups excluding carboxylic acids is 1. The highest BCUT2D eigenvalue weighted by Crippen LogP contribution is 2.20. The molecular formula is C19H24N4O2. The van der Waals surface area contributed by atoms with Gasteiger partial charge in [0.05, 0.1) is 0 Å². The summed E-state index contributed by atoms with van der Waals surface area (Å²) >= 11 is 0. The number of hydrogen-bond donors (Lipinski definition) is 0. The number of carbonyl (C=O) groups is 1. The molecule has 1 aliphatic heterocycles. The van der Waals surface area contributed by atoms with E-state index >= 15 is 0 Å². The van der Waals surface area contributed by atoms with Crippen LogP contribution in [-0.2, 0) is 11.2 Å². The second-order valence-electron chi connectivity index (χ2n) is 6.23. The Bertz CT molecular complexity index is 739. The van der Waals surface area contributed by atoms with Gasteiger partial charge in [0, 0.05) is 38.2 Å².